The highest BCUT2D eigenvalue weighted by Crippen LogP contribution is 2.69. The number of carboxylic acids is 1. The van der Waals surface area contributed by atoms with Crippen LogP contribution in [-0.2, 0) is 21.4 Å². The lowest BCUT2D eigenvalue weighted by molar-refractivity contribution is -0.277. The molecule has 2 fully saturated rings. The predicted octanol–water partition coefficient (Wildman–Crippen LogP) is 3.80. The summed E-state index contributed by atoms with van der Waals surface area (Å²) in [5, 5.41) is 21.0. The zero-order chi connectivity index (χ0) is 23.8. The molecule has 7 heteroatoms. The van der Waals surface area contributed by atoms with Crippen molar-refractivity contribution in [1.29, 1.82) is 0 Å². The summed E-state index contributed by atoms with van der Waals surface area (Å²) in [7, 11) is 1.59. The van der Waals surface area contributed by atoms with Crippen LogP contribution in [0.5, 0.6) is 11.5 Å². The van der Waals surface area contributed by atoms with Gasteiger partial charge in [-0.2, -0.15) is 0 Å². The molecular formula is C27H28O7. The van der Waals surface area contributed by atoms with Gasteiger partial charge in [0.25, 0.3) is 0 Å². The van der Waals surface area contributed by atoms with E-state index in [0.717, 1.165) is 24.0 Å². The number of hydrogen-bond donors (Lipinski definition) is 2. The Morgan fingerprint density at radius 1 is 1.21 bits per heavy atom. The smallest absolute Gasteiger partial charge is 0.336 e. The summed E-state index contributed by atoms with van der Waals surface area (Å²) in [6.07, 6.45) is 0.956. The Labute approximate surface area is 197 Å². The molecule has 4 aliphatic rings. The van der Waals surface area contributed by atoms with E-state index < -0.39 is 29.4 Å². The lowest BCUT2D eigenvalue weighted by atomic mass is 9.43. The summed E-state index contributed by atoms with van der Waals surface area (Å²) >= 11 is 0. The van der Waals surface area contributed by atoms with Gasteiger partial charge in [-0.25, -0.2) is 4.79 Å². The van der Waals surface area contributed by atoms with Gasteiger partial charge < -0.3 is 24.4 Å². The van der Waals surface area contributed by atoms with Crippen LogP contribution in [-0.4, -0.2) is 40.8 Å². The van der Waals surface area contributed by atoms with Crippen molar-refractivity contribution < 1.29 is 34.0 Å². The summed E-state index contributed by atoms with van der Waals surface area (Å²) in [5.41, 5.74) is 0.743. The van der Waals surface area contributed by atoms with Crippen molar-refractivity contribution in [3.63, 3.8) is 0 Å². The summed E-state index contributed by atoms with van der Waals surface area (Å²) in [6.45, 7) is 2.21. The minimum Gasteiger partial charge on any atom is -0.493 e. The number of rotatable bonds is 5. The lowest BCUT2D eigenvalue weighted by Gasteiger charge is -2.63. The van der Waals surface area contributed by atoms with E-state index in [1.807, 2.05) is 6.07 Å². The van der Waals surface area contributed by atoms with Crippen molar-refractivity contribution in [3.8, 4) is 11.5 Å². The standard InChI is InChI=1S/C27H28O7/c1-14-9-11-26-21-15-7-8-20(32-2)22(21)33-23(26)19(28)10-12-27(26,18(14)13-15)34-25(31)17-6-4-3-5-16(17)24(29)30/h3-8,14,18,23,25,31H,9-13H2,1-2H3,(H,29,30)/t14?,18-,23-,25?,26-,27+/m0/s1. The van der Waals surface area contributed by atoms with Gasteiger partial charge in [-0.1, -0.05) is 31.2 Å². The fourth-order valence-corrected chi connectivity index (χ4v) is 7.45. The predicted molar refractivity (Wildman–Crippen MR) is 121 cm³/mol. The second-order valence-electron chi connectivity index (χ2n) is 10.1. The van der Waals surface area contributed by atoms with Crippen LogP contribution in [0.25, 0.3) is 0 Å². The third kappa shape index (κ3) is 2.54. The van der Waals surface area contributed by atoms with Gasteiger partial charge in [0.05, 0.1) is 23.7 Å². The SMILES string of the molecule is COc1ccc2c3c1O[C@H]1C(=O)CC[C@@]4(OC(O)c5ccccc5C(=O)O)[C@@H](C2)C(C)CC[C@]314. The zero-order valence-electron chi connectivity index (χ0n) is 19.2. The number of hydrogen-bond acceptors (Lipinski definition) is 6. The average molecular weight is 465 g/mol. The number of carbonyl (C=O) groups excluding carboxylic acids is 1. The van der Waals surface area contributed by atoms with E-state index in [1.165, 1.54) is 6.07 Å². The van der Waals surface area contributed by atoms with Crippen LogP contribution >= 0.6 is 0 Å². The van der Waals surface area contributed by atoms with Crippen molar-refractivity contribution in [2.24, 2.45) is 11.8 Å². The van der Waals surface area contributed by atoms with Crippen molar-refractivity contribution in [3.05, 3.63) is 58.7 Å². The normalized spacial score (nSPS) is 33.6. The Bertz CT molecular complexity index is 1210. The van der Waals surface area contributed by atoms with Gasteiger partial charge >= 0.3 is 5.97 Å². The molecule has 6 rings (SSSR count). The van der Waals surface area contributed by atoms with Crippen LogP contribution in [0.1, 0.15) is 65.9 Å². The molecule has 0 amide bonds. The van der Waals surface area contributed by atoms with Crippen LogP contribution in [0.4, 0.5) is 0 Å². The van der Waals surface area contributed by atoms with Crippen LogP contribution in [0.2, 0.25) is 0 Å². The maximum absolute atomic E-state index is 13.3. The Kier molecular flexibility index (Phi) is 4.64. The number of carboxylic acid groups (broad SMARTS) is 1. The monoisotopic (exact) mass is 464 g/mol. The van der Waals surface area contributed by atoms with Gasteiger partial charge in [-0.05, 0) is 55.2 Å². The minimum absolute atomic E-state index is 0.00628. The van der Waals surface area contributed by atoms with Crippen molar-refractivity contribution in [2.45, 2.75) is 62.4 Å². The number of aliphatic hydroxyl groups excluding tert-OH is 1. The van der Waals surface area contributed by atoms with Crippen molar-refractivity contribution in [1.82, 2.24) is 0 Å². The van der Waals surface area contributed by atoms with Gasteiger partial charge in [0.2, 0.25) is 0 Å². The number of ketones is 1. The number of methoxy groups -OCH3 is 1. The summed E-state index contributed by atoms with van der Waals surface area (Å²) in [4.78, 5) is 25.1. The maximum Gasteiger partial charge on any atom is 0.336 e. The molecule has 0 aromatic heterocycles. The number of carbonyl (C=O) groups is 2. The van der Waals surface area contributed by atoms with Gasteiger partial charge in [0.1, 0.15) is 0 Å². The molecule has 1 heterocycles. The second-order valence-corrected chi connectivity index (χ2v) is 10.1. The highest BCUT2D eigenvalue weighted by atomic mass is 16.6. The third-order valence-corrected chi connectivity index (χ3v) is 8.85. The lowest BCUT2D eigenvalue weighted by Crippen LogP contribution is -2.72. The van der Waals surface area contributed by atoms with E-state index in [-0.39, 0.29) is 29.2 Å². The quantitative estimate of drug-likeness (QED) is 0.649. The van der Waals surface area contributed by atoms with Crippen molar-refractivity contribution in [2.75, 3.05) is 7.11 Å². The molecule has 0 radical (unpaired) electrons. The second kappa shape index (κ2) is 7.30. The topological polar surface area (TPSA) is 102 Å². The largest absolute Gasteiger partial charge is 0.493 e. The molecule has 2 N–H and O–H groups in total. The molecule has 34 heavy (non-hydrogen) atoms. The molecular weight excluding hydrogens is 436 g/mol. The molecule has 178 valence electrons. The van der Waals surface area contributed by atoms with Gasteiger partial charge in [0.15, 0.2) is 29.7 Å². The number of Topliss-reactive ketones (excluding diaryl/α,β-unsaturated/α-hetero) is 1. The van der Waals surface area contributed by atoms with Crippen LogP contribution in [0.3, 0.4) is 0 Å². The molecule has 2 bridgehead atoms. The van der Waals surface area contributed by atoms with Gasteiger partial charge in [-0.15, -0.1) is 0 Å². The maximum atomic E-state index is 13.3. The first-order chi connectivity index (χ1) is 16.3. The summed E-state index contributed by atoms with van der Waals surface area (Å²) < 4.78 is 18.7. The molecule has 2 saturated carbocycles. The molecule has 1 spiro atoms. The van der Waals surface area contributed by atoms with Gasteiger partial charge in [0, 0.05) is 17.5 Å². The first-order valence-electron chi connectivity index (χ1n) is 11.9. The Hall–Kier alpha value is -2.90. The molecule has 3 aliphatic carbocycles. The first-order valence-corrected chi connectivity index (χ1v) is 11.9. The van der Waals surface area contributed by atoms with Crippen molar-refractivity contribution >= 4 is 11.8 Å². The van der Waals surface area contributed by atoms with Crippen LogP contribution in [0, 0.1) is 11.8 Å². The van der Waals surface area contributed by atoms with E-state index in [0.29, 0.717) is 30.3 Å². The van der Waals surface area contributed by atoms with E-state index in [4.69, 9.17) is 14.2 Å². The van der Waals surface area contributed by atoms with E-state index in [9.17, 15) is 19.8 Å². The molecule has 2 unspecified atom stereocenters. The van der Waals surface area contributed by atoms with E-state index in [1.54, 1.807) is 25.3 Å². The number of ether oxygens (including phenoxy) is 3. The highest BCUT2D eigenvalue weighted by molar-refractivity contribution is 5.90. The Morgan fingerprint density at radius 3 is 2.76 bits per heavy atom. The summed E-state index contributed by atoms with van der Waals surface area (Å²) in [5.74, 6) is 0.489. The molecule has 1 aliphatic heterocycles. The Balaban J connectivity index is 1.56. The molecule has 2 aromatic carbocycles. The number of aliphatic hydroxyl groups is 1. The number of aromatic carboxylic acids is 1. The fraction of sp³-hybridized carbons (Fsp3) is 0.481. The molecule has 7 nitrogen and oxygen atoms in total. The van der Waals surface area contributed by atoms with Gasteiger partial charge in [-0.3, -0.25) is 4.79 Å². The van der Waals surface area contributed by atoms with Crippen LogP contribution in [0.15, 0.2) is 36.4 Å². The molecule has 6 atom stereocenters. The molecule has 0 saturated heterocycles. The number of benzene rings is 2. The molecule has 2 aromatic rings. The average Bonchev–Trinajstić information content (AvgIpc) is 3.19. The third-order valence-electron chi connectivity index (χ3n) is 8.85. The van der Waals surface area contributed by atoms with E-state index in [2.05, 4.69) is 13.0 Å². The highest BCUT2D eigenvalue weighted by Gasteiger charge is 2.74. The van der Waals surface area contributed by atoms with Crippen LogP contribution < -0.4 is 9.47 Å². The Morgan fingerprint density at radius 2 is 2.00 bits per heavy atom. The fourth-order valence-electron chi connectivity index (χ4n) is 7.45. The summed E-state index contributed by atoms with van der Waals surface area (Å²) in [6, 6.07) is 10.3. The van der Waals surface area contributed by atoms with E-state index >= 15 is 0 Å². The minimum atomic E-state index is -1.44. The first kappa shape index (κ1) is 21.6. The zero-order valence-corrected chi connectivity index (χ0v) is 19.2.